The van der Waals surface area contributed by atoms with Crippen molar-refractivity contribution >= 4 is 105 Å². The van der Waals surface area contributed by atoms with Gasteiger partial charge in [0.25, 0.3) is 0 Å². The number of aliphatic imine (C=N–C) groups is 1. The zero-order valence-electron chi connectivity index (χ0n) is 25.1. The third kappa shape index (κ3) is 15.7. The first-order chi connectivity index (χ1) is 24.0. The molecule has 0 spiro atoms. The van der Waals surface area contributed by atoms with E-state index in [4.69, 9.17) is 11.5 Å². The maximum Gasteiger partial charge on any atom is 0.492 e. The van der Waals surface area contributed by atoms with Gasteiger partial charge in [-0.15, -0.1) is 0 Å². The molecule has 0 bridgehead atoms. The maximum atomic E-state index is 11.7. The fraction of sp³-hybridized carbons (Fsp3) is 0.273. The summed E-state index contributed by atoms with van der Waals surface area (Å²) in [6.45, 7) is 0. The van der Waals surface area contributed by atoms with Gasteiger partial charge in [0, 0.05) is 30.7 Å². The monoisotopic (exact) mass is 789 g/mol. The van der Waals surface area contributed by atoms with Crippen LogP contribution < -0.4 is 22.1 Å². The lowest BCUT2D eigenvalue weighted by atomic mass is 10.2. The Hall–Kier alpha value is -6.16. The lowest BCUT2D eigenvalue weighted by molar-refractivity contribution is -0.411. The molecule has 3 aromatic rings. The molecular formula is C22H21N12O13S4+. The molecule has 0 radical (unpaired) electrons. The number of nitrogens with zero attached hydrogens (tertiary/aromatic N) is 8. The van der Waals surface area contributed by atoms with Gasteiger partial charge in [0.05, 0.1) is 14.8 Å². The third-order valence-corrected chi connectivity index (χ3v) is 8.20. The molecule has 29 heteroatoms. The second kappa shape index (κ2) is 20.4. The van der Waals surface area contributed by atoms with Crippen molar-refractivity contribution in [2.75, 3.05) is 16.4 Å². The molecule has 2 amide bonds. The van der Waals surface area contributed by atoms with Gasteiger partial charge < -0.3 is 26.8 Å². The summed E-state index contributed by atoms with van der Waals surface area (Å²) in [5.41, 5.74) is 10.2. The highest BCUT2D eigenvalue weighted by Gasteiger charge is 2.32. The summed E-state index contributed by atoms with van der Waals surface area (Å²) in [5.74, 6) is -1.63. The molecule has 1 saturated heterocycles. The van der Waals surface area contributed by atoms with Gasteiger partial charge in [-0.25, -0.2) is 15.0 Å². The molecule has 270 valence electrons. The average molecular weight is 790 g/mol. The minimum absolute atomic E-state index is 0.0127. The number of nitrogens with two attached hydrogens (primary N) is 2. The Bertz CT molecular complexity index is 1770. The molecule has 51 heavy (non-hydrogen) atoms. The van der Waals surface area contributed by atoms with E-state index in [-0.39, 0.29) is 71.8 Å². The summed E-state index contributed by atoms with van der Waals surface area (Å²) in [7, 11) is 0. The second-order valence-electron chi connectivity index (χ2n) is 8.69. The summed E-state index contributed by atoms with van der Waals surface area (Å²) in [4.78, 5) is 96.6. The quantitative estimate of drug-likeness (QED) is 0.0753. The molecule has 25 nitrogen and oxygen atoms in total. The van der Waals surface area contributed by atoms with Gasteiger partial charge >= 0.3 is 43.3 Å². The summed E-state index contributed by atoms with van der Waals surface area (Å²) in [6, 6.07) is 0. The number of carbonyl (C=O) groups is 4. The van der Waals surface area contributed by atoms with Crippen molar-refractivity contribution in [3.8, 4) is 0 Å². The zero-order valence-corrected chi connectivity index (χ0v) is 28.4. The molecule has 2 aliphatic rings. The second-order valence-corrected chi connectivity index (χ2v) is 12.8. The summed E-state index contributed by atoms with van der Waals surface area (Å²) < 4.78 is 4.21. The molecule has 5 rings (SSSR count). The number of aromatic nitrogens is 3. The van der Waals surface area contributed by atoms with E-state index in [0.29, 0.717) is 19.3 Å². The van der Waals surface area contributed by atoms with Crippen LogP contribution in [0.3, 0.4) is 0 Å². The van der Waals surface area contributed by atoms with Crippen molar-refractivity contribution < 1.29 is 43.6 Å². The van der Waals surface area contributed by atoms with Crippen LogP contribution in [0.4, 0.5) is 30.4 Å². The van der Waals surface area contributed by atoms with Gasteiger partial charge in [-0.2, -0.15) is 0 Å². The average Bonchev–Trinajstić information content (AvgIpc) is 3.86. The number of nitrogens with one attached hydrogen (secondary N) is 2. The molecule has 2 aliphatic heterocycles. The number of hydrogen-bond acceptors (Lipinski definition) is 23. The van der Waals surface area contributed by atoms with Gasteiger partial charge in [-0.3, -0.25) is 59.6 Å². The molecule has 0 aliphatic carbocycles. The fourth-order valence-electron chi connectivity index (χ4n) is 2.88. The summed E-state index contributed by atoms with van der Waals surface area (Å²) in [5, 5.41) is 45.7. The van der Waals surface area contributed by atoms with Crippen LogP contribution >= 0.6 is 45.8 Å². The SMILES string of the molecule is NC1=N[C+]=C([N+](=O)[O-])S1.Nc1ncc([N+](=O)[O-])s1.O=C(CCCC(=O)Nc1ncc([N+](=O)[O-])s1)Nc1ncc([N+](=O)[O-])s1.O=C1CCCC(=O)O1. The Balaban J connectivity index is 0.000000280. The van der Waals surface area contributed by atoms with Gasteiger partial charge in [0.15, 0.2) is 27.2 Å². The zero-order chi connectivity index (χ0) is 38.1. The number of amides is 2. The number of thioether (sulfide) groups is 1. The van der Waals surface area contributed by atoms with Crippen molar-refractivity contribution in [2.24, 2.45) is 10.7 Å². The molecule has 0 saturated carbocycles. The number of amidine groups is 1. The third-order valence-electron chi connectivity index (χ3n) is 4.96. The Labute approximate surface area is 298 Å². The van der Waals surface area contributed by atoms with Gasteiger partial charge in [0.2, 0.25) is 11.8 Å². The first-order valence-electron chi connectivity index (χ1n) is 13.2. The molecule has 0 atom stereocenters. The lowest BCUT2D eigenvalue weighted by Crippen LogP contribution is -2.17. The molecule has 6 N–H and O–H groups in total. The number of esters is 2. The largest absolute Gasteiger partial charge is 0.492 e. The lowest BCUT2D eigenvalue weighted by Gasteiger charge is -2.06. The molecule has 0 aromatic carbocycles. The normalized spacial score (nSPS) is 12.7. The predicted molar refractivity (Wildman–Crippen MR) is 180 cm³/mol. The highest BCUT2D eigenvalue weighted by atomic mass is 32.2. The van der Waals surface area contributed by atoms with E-state index < -0.39 is 31.5 Å². The Morgan fingerprint density at radius 1 is 0.765 bits per heavy atom. The predicted octanol–water partition coefficient (Wildman–Crippen LogP) is 2.96. The smallest absolute Gasteiger partial charge is 0.393 e. The number of nitrogen functional groups attached to an aromatic ring is 1. The van der Waals surface area contributed by atoms with Crippen LogP contribution in [0.5, 0.6) is 0 Å². The van der Waals surface area contributed by atoms with Crippen LogP contribution in [-0.2, 0) is 23.9 Å². The van der Waals surface area contributed by atoms with Crippen LogP contribution in [0.15, 0.2) is 28.6 Å². The topological polar surface area (TPSA) is 377 Å². The van der Waals surface area contributed by atoms with Crippen LogP contribution in [0.25, 0.3) is 0 Å². The van der Waals surface area contributed by atoms with Gasteiger partial charge in [-0.05, 0) is 46.9 Å². The van der Waals surface area contributed by atoms with E-state index in [1.807, 2.05) is 0 Å². The first kappa shape index (κ1) is 41.0. The molecule has 0 unspecified atom stereocenters. The summed E-state index contributed by atoms with van der Waals surface area (Å²) in [6.07, 6.45) is 7.06. The van der Waals surface area contributed by atoms with Crippen molar-refractivity contribution in [3.63, 3.8) is 0 Å². The minimum Gasteiger partial charge on any atom is -0.393 e. The molecule has 3 aromatic heterocycles. The highest BCUT2D eigenvalue weighted by molar-refractivity contribution is 8.17. The van der Waals surface area contributed by atoms with E-state index in [9.17, 15) is 59.6 Å². The first-order valence-corrected chi connectivity index (χ1v) is 16.5. The van der Waals surface area contributed by atoms with Crippen molar-refractivity contribution in [2.45, 2.75) is 38.5 Å². The number of hydrogen-bond donors (Lipinski definition) is 4. The number of nitro groups is 4. The number of cyclic esters (lactones) is 2. The Morgan fingerprint density at radius 2 is 1.22 bits per heavy atom. The Kier molecular flexibility index (Phi) is 16.4. The van der Waals surface area contributed by atoms with Crippen molar-refractivity contribution in [1.29, 1.82) is 0 Å². The van der Waals surface area contributed by atoms with Gasteiger partial charge in [-0.1, -0.05) is 0 Å². The number of anilines is 3. The number of carbonyl (C=O) groups excluding carboxylic acids is 4. The van der Waals surface area contributed by atoms with Crippen LogP contribution in [0, 0.1) is 46.7 Å². The van der Waals surface area contributed by atoms with E-state index in [2.05, 4.69) is 41.5 Å². The fourth-order valence-corrected chi connectivity index (χ4v) is 5.14. The van der Waals surface area contributed by atoms with E-state index in [1.165, 1.54) is 0 Å². The van der Waals surface area contributed by atoms with Crippen molar-refractivity contribution in [3.05, 3.63) is 70.3 Å². The van der Waals surface area contributed by atoms with Crippen LogP contribution in [-0.4, -0.2) is 63.6 Å². The Morgan fingerprint density at radius 3 is 1.49 bits per heavy atom. The number of thiazole rings is 3. The molecular weight excluding hydrogens is 769 g/mol. The number of rotatable bonds is 10. The number of ether oxygens (including phenoxy) is 1. The molecule has 5 heterocycles. The van der Waals surface area contributed by atoms with Crippen LogP contribution in [0.1, 0.15) is 38.5 Å². The maximum absolute atomic E-state index is 11.7. The summed E-state index contributed by atoms with van der Waals surface area (Å²) >= 11 is 3.14. The molecule has 1 fully saturated rings. The van der Waals surface area contributed by atoms with Crippen LogP contribution in [0.2, 0.25) is 0 Å². The van der Waals surface area contributed by atoms with E-state index in [1.54, 1.807) is 0 Å². The standard InChI is InChI=1S/C11H10N6O6S2.C5H6O3.C3H3N3O2S.C3H2N3O2S/c18-6(14-10-12-4-8(24-10)16(20)21)2-1-3-7(19)15-11-13-5-9(25-11)17(22)23;6-4-2-1-3-5(7)8-4;2*4-3-5-1-2(9-3)6(7)8/h4-5H,1-3H2,(H,12,14,18)(H,13,15,19);1-3H2;1H,(H2,4,5);(H2,4,5)/q;;;+1. The van der Waals surface area contributed by atoms with Crippen molar-refractivity contribution in [1.82, 2.24) is 15.0 Å². The van der Waals surface area contributed by atoms with E-state index in [0.717, 1.165) is 64.4 Å². The minimum atomic E-state index is -0.611. The van der Waals surface area contributed by atoms with E-state index >= 15 is 0 Å². The highest BCUT2D eigenvalue weighted by Crippen LogP contribution is 2.26. The van der Waals surface area contributed by atoms with Gasteiger partial charge in [0.1, 0.15) is 23.5 Å².